The van der Waals surface area contributed by atoms with Gasteiger partial charge in [-0.15, -0.1) is 0 Å². The Balaban J connectivity index is 1.98. The Labute approximate surface area is 123 Å². The van der Waals surface area contributed by atoms with Crippen molar-refractivity contribution in [3.63, 3.8) is 0 Å². The molecule has 0 saturated carbocycles. The van der Waals surface area contributed by atoms with Crippen LogP contribution >= 0.6 is 0 Å². The number of ether oxygens (including phenoxy) is 3. The summed E-state index contributed by atoms with van der Waals surface area (Å²) in [7, 11) is -3.77. The molecule has 0 bridgehead atoms. The third kappa shape index (κ3) is 3.93. The molecule has 1 aliphatic rings. The number of hydrogen-bond acceptors (Lipinski definition) is 6. The normalized spacial score (nSPS) is 17.1. The molecule has 2 N–H and O–H groups in total. The molecule has 0 amide bonds. The lowest BCUT2D eigenvalue weighted by Gasteiger charge is -2.10. The summed E-state index contributed by atoms with van der Waals surface area (Å²) in [5, 5.41) is 5.07. The first-order chi connectivity index (χ1) is 9.91. The third-order valence-corrected chi connectivity index (χ3v) is 3.89. The van der Waals surface area contributed by atoms with Crippen LogP contribution in [-0.2, 0) is 30.7 Å². The molecule has 1 aliphatic heterocycles. The second-order valence-corrected chi connectivity index (χ2v) is 6.05. The fraction of sp³-hybridized carbons (Fsp3) is 0.462. The summed E-state index contributed by atoms with van der Waals surface area (Å²) in [5.74, 6) is -0.0304. The van der Waals surface area contributed by atoms with Gasteiger partial charge in [0.15, 0.2) is 6.10 Å². The van der Waals surface area contributed by atoms with E-state index in [1.807, 2.05) is 6.92 Å². The molecule has 0 saturated heterocycles. The molecule has 0 aromatic heterocycles. The predicted octanol–water partition coefficient (Wildman–Crippen LogP) is 0.217. The van der Waals surface area contributed by atoms with Crippen LogP contribution in [0, 0.1) is 0 Å². The predicted molar refractivity (Wildman–Crippen MR) is 73.4 cm³/mol. The molecule has 0 radical (unpaired) electrons. The molecular weight excluding hydrogens is 298 g/mol. The molecule has 116 valence electrons. The van der Waals surface area contributed by atoms with E-state index in [0.29, 0.717) is 24.5 Å². The number of nitrogens with two attached hydrogens (primary N) is 1. The maximum absolute atomic E-state index is 11.8. The summed E-state index contributed by atoms with van der Waals surface area (Å²) in [5.41, 5.74) is 0.619. The SMILES string of the molecule is CCOCCOC(=O)C1Cc2cc(S(N)(=O)=O)ccc2O1. The van der Waals surface area contributed by atoms with Crippen LogP contribution in [0.15, 0.2) is 23.1 Å². The van der Waals surface area contributed by atoms with Gasteiger partial charge < -0.3 is 14.2 Å². The van der Waals surface area contributed by atoms with E-state index in [-0.39, 0.29) is 17.9 Å². The first-order valence-electron chi connectivity index (χ1n) is 6.48. The summed E-state index contributed by atoms with van der Waals surface area (Å²) < 4.78 is 38.1. The topological polar surface area (TPSA) is 105 Å². The van der Waals surface area contributed by atoms with Gasteiger partial charge >= 0.3 is 5.97 Å². The van der Waals surface area contributed by atoms with Crippen molar-refractivity contribution in [2.45, 2.75) is 24.3 Å². The summed E-state index contributed by atoms with van der Waals surface area (Å²) in [6, 6.07) is 4.25. The molecule has 1 unspecified atom stereocenters. The summed E-state index contributed by atoms with van der Waals surface area (Å²) in [6.45, 7) is 2.89. The van der Waals surface area contributed by atoms with Crippen LogP contribution in [0.5, 0.6) is 5.75 Å². The maximum atomic E-state index is 11.8. The van der Waals surface area contributed by atoms with Crippen molar-refractivity contribution in [2.24, 2.45) is 5.14 Å². The Bertz CT molecular complexity index is 628. The number of carbonyl (C=O) groups excluding carboxylic acids is 1. The number of hydrogen-bond donors (Lipinski definition) is 1. The highest BCUT2D eigenvalue weighted by Crippen LogP contribution is 2.31. The van der Waals surface area contributed by atoms with E-state index in [1.54, 1.807) is 0 Å². The second kappa shape index (κ2) is 6.42. The zero-order valence-electron chi connectivity index (χ0n) is 11.6. The van der Waals surface area contributed by atoms with Gasteiger partial charge in [-0.05, 0) is 30.7 Å². The lowest BCUT2D eigenvalue weighted by Crippen LogP contribution is -2.28. The van der Waals surface area contributed by atoms with Crippen molar-refractivity contribution >= 4 is 16.0 Å². The standard InChI is InChI=1S/C13H17NO6S/c1-2-18-5-6-19-13(15)12-8-9-7-10(21(14,16)17)3-4-11(9)20-12/h3-4,7,12H,2,5-6,8H2,1H3,(H2,14,16,17). The van der Waals surface area contributed by atoms with Crippen molar-refractivity contribution in [1.29, 1.82) is 0 Å². The second-order valence-electron chi connectivity index (χ2n) is 4.49. The molecule has 1 atom stereocenters. The van der Waals surface area contributed by atoms with Crippen LogP contribution in [0.25, 0.3) is 0 Å². The van der Waals surface area contributed by atoms with Gasteiger partial charge in [-0.2, -0.15) is 0 Å². The van der Waals surface area contributed by atoms with E-state index in [0.717, 1.165) is 0 Å². The van der Waals surface area contributed by atoms with Crippen LogP contribution in [0.4, 0.5) is 0 Å². The number of carbonyl (C=O) groups is 1. The summed E-state index contributed by atoms with van der Waals surface area (Å²) >= 11 is 0. The van der Waals surface area contributed by atoms with Gasteiger partial charge in [-0.1, -0.05) is 0 Å². The van der Waals surface area contributed by atoms with Gasteiger partial charge in [-0.3, -0.25) is 0 Å². The average Bonchev–Trinajstić information content (AvgIpc) is 2.85. The largest absolute Gasteiger partial charge is 0.478 e. The average molecular weight is 315 g/mol. The van der Waals surface area contributed by atoms with E-state index in [4.69, 9.17) is 19.3 Å². The number of esters is 1. The molecule has 1 aromatic rings. The van der Waals surface area contributed by atoms with E-state index >= 15 is 0 Å². The van der Waals surface area contributed by atoms with Crippen molar-refractivity contribution in [3.8, 4) is 5.75 Å². The Morgan fingerprint density at radius 2 is 2.19 bits per heavy atom. The van der Waals surface area contributed by atoms with Crippen LogP contribution in [0.1, 0.15) is 12.5 Å². The van der Waals surface area contributed by atoms with Gasteiger partial charge in [0.1, 0.15) is 12.4 Å². The fourth-order valence-electron chi connectivity index (χ4n) is 1.97. The van der Waals surface area contributed by atoms with Gasteiger partial charge in [0.25, 0.3) is 0 Å². The minimum absolute atomic E-state index is 0.00443. The third-order valence-electron chi connectivity index (χ3n) is 2.97. The zero-order chi connectivity index (χ0) is 15.5. The van der Waals surface area contributed by atoms with E-state index in [9.17, 15) is 13.2 Å². The van der Waals surface area contributed by atoms with Crippen LogP contribution < -0.4 is 9.88 Å². The Kier molecular flexibility index (Phi) is 4.81. The van der Waals surface area contributed by atoms with Crippen LogP contribution in [-0.4, -0.2) is 40.3 Å². The van der Waals surface area contributed by atoms with Gasteiger partial charge in [0.2, 0.25) is 10.0 Å². The van der Waals surface area contributed by atoms with Gasteiger partial charge in [0.05, 0.1) is 11.5 Å². The molecule has 7 nitrogen and oxygen atoms in total. The lowest BCUT2D eigenvalue weighted by molar-refractivity contribution is -0.152. The van der Waals surface area contributed by atoms with Gasteiger partial charge in [0, 0.05) is 13.0 Å². The summed E-state index contributed by atoms with van der Waals surface area (Å²) in [4.78, 5) is 11.8. The minimum Gasteiger partial charge on any atom is -0.478 e. The first-order valence-corrected chi connectivity index (χ1v) is 8.03. The van der Waals surface area contributed by atoms with Crippen LogP contribution in [0.3, 0.4) is 0 Å². The number of primary sulfonamides is 1. The molecule has 1 heterocycles. The maximum Gasteiger partial charge on any atom is 0.347 e. The quantitative estimate of drug-likeness (QED) is 0.594. The number of rotatable bonds is 6. The van der Waals surface area contributed by atoms with Crippen molar-refractivity contribution in [2.75, 3.05) is 19.8 Å². The van der Waals surface area contributed by atoms with Crippen molar-refractivity contribution in [1.82, 2.24) is 0 Å². The highest BCUT2D eigenvalue weighted by atomic mass is 32.2. The van der Waals surface area contributed by atoms with E-state index in [2.05, 4.69) is 0 Å². The smallest absolute Gasteiger partial charge is 0.347 e. The van der Waals surface area contributed by atoms with Crippen molar-refractivity contribution in [3.05, 3.63) is 23.8 Å². The highest BCUT2D eigenvalue weighted by molar-refractivity contribution is 7.89. The Morgan fingerprint density at radius 3 is 2.86 bits per heavy atom. The highest BCUT2D eigenvalue weighted by Gasteiger charge is 2.31. The number of sulfonamides is 1. The molecule has 0 aliphatic carbocycles. The first kappa shape index (κ1) is 15.7. The summed E-state index contributed by atoms with van der Waals surface area (Å²) in [6.07, 6.45) is -0.510. The molecule has 0 fully saturated rings. The monoisotopic (exact) mass is 315 g/mol. The van der Waals surface area contributed by atoms with Crippen molar-refractivity contribution < 1.29 is 27.4 Å². The van der Waals surface area contributed by atoms with E-state index in [1.165, 1.54) is 18.2 Å². The van der Waals surface area contributed by atoms with Crippen LogP contribution in [0.2, 0.25) is 0 Å². The van der Waals surface area contributed by atoms with Gasteiger partial charge in [-0.25, -0.2) is 18.4 Å². The number of benzene rings is 1. The molecule has 21 heavy (non-hydrogen) atoms. The molecule has 8 heteroatoms. The minimum atomic E-state index is -3.77. The fourth-order valence-corrected chi connectivity index (χ4v) is 2.54. The molecule has 1 aromatic carbocycles. The zero-order valence-corrected chi connectivity index (χ0v) is 12.4. The lowest BCUT2D eigenvalue weighted by atomic mass is 10.1. The number of fused-ring (bicyclic) bond motifs is 1. The Morgan fingerprint density at radius 1 is 1.43 bits per heavy atom. The molecule has 0 spiro atoms. The van der Waals surface area contributed by atoms with E-state index < -0.39 is 22.1 Å². The molecule has 2 rings (SSSR count). The molecular formula is C13H17NO6S. The Hall–Kier alpha value is -1.64.